The minimum absolute atomic E-state index is 0. The Balaban J connectivity index is 0.00000180. The number of amides is 3. The van der Waals surface area contributed by atoms with Gasteiger partial charge in [-0.25, -0.2) is 5.01 Å². The van der Waals surface area contributed by atoms with E-state index in [1.54, 1.807) is 0 Å². The van der Waals surface area contributed by atoms with E-state index in [9.17, 15) is 14.4 Å². The molecule has 3 amide bonds. The molecule has 0 saturated carbocycles. The average Bonchev–Trinajstić information content (AvgIpc) is 3.13. The lowest BCUT2D eigenvalue weighted by Gasteiger charge is -2.32. The number of hydrazine groups is 1. The number of piperidine rings is 2. The predicted molar refractivity (Wildman–Crippen MR) is 101 cm³/mol. The normalized spacial score (nSPS) is 29.8. The fourth-order valence-corrected chi connectivity index (χ4v) is 5.08. The van der Waals surface area contributed by atoms with Crippen molar-refractivity contribution < 1.29 is 14.4 Å². The summed E-state index contributed by atoms with van der Waals surface area (Å²) in [5.74, 6) is -0.239. The number of hydrogen-bond donors (Lipinski definition) is 1. The van der Waals surface area contributed by atoms with Crippen LogP contribution in [-0.2, 0) is 16.1 Å². The Hall–Kier alpha value is -1.92. The number of carbonyl (C=O) groups is 3. The third-order valence-corrected chi connectivity index (χ3v) is 6.35. The first-order chi connectivity index (χ1) is 12.6. The van der Waals surface area contributed by atoms with Crippen LogP contribution >= 0.6 is 12.4 Å². The topological polar surface area (TPSA) is 69.7 Å². The van der Waals surface area contributed by atoms with Gasteiger partial charge in [-0.2, -0.15) is 5.01 Å². The highest BCUT2D eigenvalue weighted by atomic mass is 35.5. The van der Waals surface area contributed by atoms with Gasteiger partial charge >= 0.3 is 0 Å². The smallest absolute Gasteiger partial charge is 0.273 e. The molecule has 144 valence electrons. The van der Waals surface area contributed by atoms with E-state index < -0.39 is 0 Å². The van der Waals surface area contributed by atoms with E-state index in [4.69, 9.17) is 0 Å². The lowest BCUT2D eigenvalue weighted by atomic mass is 9.85. The van der Waals surface area contributed by atoms with Gasteiger partial charge in [-0.1, -0.05) is 12.1 Å². The molecule has 1 aromatic carbocycles. The minimum Gasteiger partial charge on any atom is -0.311 e. The van der Waals surface area contributed by atoms with Crippen LogP contribution in [0, 0.1) is 0 Å². The maximum atomic E-state index is 12.8. The molecule has 2 unspecified atom stereocenters. The van der Waals surface area contributed by atoms with Crippen LogP contribution in [-0.4, -0.2) is 39.8 Å². The third kappa shape index (κ3) is 3.05. The lowest BCUT2D eigenvalue weighted by molar-refractivity contribution is -0.163. The van der Waals surface area contributed by atoms with Crippen molar-refractivity contribution in [2.75, 3.05) is 0 Å². The molecule has 3 saturated heterocycles. The van der Waals surface area contributed by atoms with Gasteiger partial charge in [0.2, 0.25) is 11.8 Å². The van der Waals surface area contributed by atoms with Crippen LogP contribution in [0.1, 0.15) is 72.3 Å². The van der Waals surface area contributed by atoms with E-state index in [0.29, 0.717) is 49.4 Å². The molecule has 4 aliphatic heterocycles. The standard InChI is InChI=1S/C20H23N3O3.ClH/c24-18-2-1-3-19(25)23(18)22-11-14-8-12(4-7-17(14)20(22)26)13-9-15-5-6-16(10-13)21-15;/h4,7-8,13,15-16,21H,1-3,5-6,9-11H2;1H. The number of imide groups is 1. The van der Waals surface area contributed by atoms with Crippen molar-refractivity contribution in [2.45, 2.75) is 69.5 Å². The summed E-state index contributed by atoms with van der Waals surface area (Å²) < 4.78 is 0. The van der Waals surface area contributed by atoms with Crippen molar-refractivity contribution in [1.29, 1.82) is 0 Å². The van der Waals surface area contributed by atoms with Gasteiger partial charge in [0, 0.05) is 30.5 Å². The number of hydrogen-bond acceptors (Lipinski definition) is 4. The summed E-state index contributed by atoms with van der Waals surface area (Å²) in [5, 5.41) is 6.08. The van der Waals surface area contributed by atoms with Gasteiger partial charge in [0.1, 0.15) is 0 Å². The Bertz CT molecular complexity index is 784. The molecule has 4 aliphatic rings. The molecule has 2 bridgehead atoms. The molecule has 0 radical (unpaired) electrons. The van der Waals surface area contributed by atoms with Crippen LogP contribution in [0.4, 0.5) is 0 Å². The first kappa shape index (κ1) is 18.4. The zero-order chi connectivity index (χ0) is 17.8. The van der Waals surface area contributed by atoms with Crippen molar-refractivity contribution in [3.05, 3.63) is 34.9 Å². The van der Waals surface area contributed by atoms with Gasteiger partial charge in [-0.05, 0) is 55.2 Å². The number of carbonyl (C=O) groups excluding carboxylic acids is 3. The van der Waals surface area contributed by atoms with Gasteiger partial charge in [0.05, 0.1) is 6.54 Å². The quantitative estimate of drug-likeness (QED) is 0.789. The molecule has 0 aliphatic carbocycles. The predicted octanol–water partition coefficient (Wildman–Crippen LogP) is 2.52. The summed E-state index contributed by atoms with van der Waals surface area (Å²) >= 11 is 0. The number of nitrogens with zero attached hydrogens (tertiary/aromatic N) is 2. The second-order valence-electron chi connectivity index (χ2n) is 8.04. The zero-order valence-electron chi connectivity index (χ0n) is 15.1. The summed E-state index contributed by atoms with van der Waals surface area (Å²) in [5.41, 5.74) is 2.84. The Morgan fingerprint density at radius 1 is 0.963 bits per heavy atom. The van der Waals surface area contributed by atoms with E-state index in [-0.39, 0.29) is 30.1 Å². The van der Waals surface area contributed by atoms with Crippen molar-refractivity contribution in [3.8, 4) is 0 Å². The van der Waals surface area contributed by atoms with Gasteiger partial charge < -0.3 is 5.32 Å². The maximum Gasteiger partial charge on any atom is 0.273 e. The molecule has 1 aromatic rings. The first-order valence-electron chi connectivity index (χ1n) is 9.66. The molecular weight excluding hydrogens is 366 g/mol. The Labute approximate surface area is 164 Å². The summed E-state index contributed by atoms with van der Waals surface area (Å²) in [7, 11) is 0. The van der Waals surface area contributed by atoms with Crippen molar-refractivity contribution in [3.63, 3.8) is 0 Å². The summed E-state index contributed by atoms with van der Waals surface area (Å²) in [6.07, 6.45) is 6.05. The number of nitrogens with one attached hydrogen (secondary N) is 1. The molecule has 4 heterocycles. The first-order valence-corrected chi connectivity index (χ1v) is 9.66. The second-order valence-corrected chi connectivity index (χ2v) is 8.04. The molecule has 0 aromatic heterocycles. The summed E-state index contributed by atoms with van der Waals surface area (Å²) in [4.78, 5) is 37.1. The van der Waals surface area contributed by atoms with Crippen LogP contribution in [0.25, 0.3) is 0 Å². The SMILES string of the molecule is Cl.O=C1c2ccc(C3CC4CCC(C3)N4)cc2CN1N1C(=O)CCCC1=O. The third-order valence-electron chi connectivity index (χ3n) is 6.35. The maximum absolute atomic E-state index is 12.8. The van der Waals surface area contributed by atoms with Crippen molar-refractivity contribution >= 4 is 30.1 Å². The number of rotatable bonds is 2. The highest BCUT2D eigenvalue weighted by Crippen LogP contribution is 2.38. The molecular formula is C20H24ClN3O3. The molecule has 5 rings (SSSR count). The van der Waals surface area contributed by atoms with Crippen molar-refractivity contribution in [1.82, 2.24) is 15.3 Å². The van der Waals surface area contributed by atoms with E-state index in [2.05, 4.69) is 17.4 Å². The fraction of sp³-hybridized carbons (Fsp3) is 0.550. The van der Waals surface area contributed by atoms with E-state index in [1.807, 2.05) is 6.07 Å². The van der Waals surface area contributed by atoms with Gasteiger partial charge in [0.15, 0.2) is 0 Å². The van der Waals surface area contributed by atoms with Crippen molar-refractivity contribution in [2.24, 2.45) is 0 Å². The highest BCUT2D eigenvalue weighted by molar-refractivity contribution is 6.04. The molecule has 7 heteroatoms. The van der Waals surface area contributed by atoms with Crippen LogP contribution in [0.15, 0.2) is 18.2 Å². The molecule has 27 heavy (non-hydrogen) atoms. The zero-order valence-corrected chi connectivity index (χ0v) is 16.0. The van der Waals surface area contributed by atoms with Gasteiger partial charge in [-0.3, -0.25) is 14.4 Å². The summed E-state index contributed by atoms with van der Waals surface area (Å²) in [6, 6.07) is 7.31. The number of benzene rings is 1. The van der Waals surface area contributed by atoms with E-state index in [0.717, 1.165) is 23.4 Å². The van der Waals surface area contributed by atoms with E-state index in [1.165, 1.54) is 23.4 Å². The monoisotopic (exact) mass is 389 g/mol. The highest BCUT2D eigenvalue weighted by Gasteiger charge is 2.40. The Kier molecular flexibility index (Phi) is 4.72. The molecule has 1 N–H and O–H groups in total. The number of halogens is 1. The van der Waals surface area contributed by atoms with Gasteiger partial charge in [-0.15, -0.1) is 12.4 Å². The molecule has 0 spiro atoms. The average molecular weight is 390 g/mol. The molecule has 3 fully saturated rings. The summed E-state index contributed by atoms with van der Waals surface area (Å²) in [6.45, 7) is 0.317. The van der Waals surface area contributed by atoms with Gasteiger partial charge in [0.25, 0.3) is 5.91 Å². The van der Waals surface area contributed by atoms with E-state index >= 15 is 0 Å². The van der Waals surface area contributed by atoms with Crippen LogP contribution in [0.2, 0.25) is 0 Å². The fourth-order valence-electron chi connectivity index (χ4n) is 5.08. The van der Waals surface area contributed by atoms with Crippen LogP contribution in [0.5, 0.6) is 0 Å². The molecule has 6 nitrogen and oxygen atoms in total. The Morgan fingerprint density at radius 2 is 1.63 bits per heavy atom. The van der Waals surface area contributed by atoms with Crippen LogP contribution in [0.3, 0.4) is 0 Å². The number of fused-ring (bicyclic) bond motifs is 3. The molecule has 2 atom stereocenters. The lowest BCUT2D eigenvalue weighted by Crippen LogP contribution is -2.51. The minimum atomic E-state index is -0.266. The second kappa shape index (κ2) is 6.91. The Morgan fingerprint density at radius 3 is 2.30 bits per heavy atom. The largest absolute Gasteiger partial charge is 0.311 e. The van der Waals surface area contributed by atoms with Crippen LogP contribution < -0.4 is 5.32 Å².